The predicted molar refractivity (Wildman–Crippen MR) is 112 cm³/mol. The van der Waals surface area contributed by atoms with Crippen LogP contribution in [0.15, 0.2) is 28.5 Å². The van der Waals surface area contributed by atoms with Crippen LogP contribution in [0.1, 0.15) is 37.3 Å². The number of rotatable bonds is 6. The molecule has 0 radical (unpaired) electrons. The molecule has 9 nitrogen and oxygen atoms in total. The molecule has 2 fully saturated rings. The zero-order chi connectivity index (χ0) is 20.0. The Labute approximate surface area is 172 Å². The molecule has 3 aromatic heterocycles. The van der Waals surface area contributed by atoms with Crippen molar-refractivity contribution >= 4 is 38.8 Å². The lowest BCUT2D eigenvalue weighted by Crippen LogP contribution is -2.19. The van der Waals surface area contributed by atoms with Gasteiger partial charge in [0, 0.05) is 31.1 Å². The Hall–Kier alpha value is -2.50. The van der Waals surface area contributed by atoms with Crippen molar-refractivity contribution in [2.45, 2.75) is 35.8 Å². The first-order valence-corrected chi connectivity index (χ1v) is 11.9. The quantitative estimate of drug-likeness (QED) is 0.547. The summed E-state index contributed by atoms with van der Waals surface area (Å²) < 4.78 is 23.4. The largest absolute Gasteiger partial charge is 0.356 e. The second-order valence-corrected chi connectivity index (χ2v) is 10.3. The van der Waals surface area contributed by atoms with E-state index in [1.165, 1.54) is 18.9 Å². The van der Waals surface area contributed by atoms with Crippen molar-refractivity contribution in [2.75, 3.05) is 23.3 Å². The van der Waals surface area contributed by atoms with Crippen molar-refractivity contribution < 1.29 is 8.42 Å². The highest BCUT2D eigenvalue weighted by atomic mass is 32.2. The lowest BCUT2D eigenvalue weighted by Gasteiger charge is -2.18. The molecule has 0 bridgehead atoms. The van der Waals surface area contributed by atoms with Gasteiger partial charge in [-0.2, -0.15) is 5.10 Å². The van der Waals surface area contributed by atoms with Crippen LogP contribution in [0.25, 0.3) is 10.7 Å². The number of nitrogens with one attached hydrogen (secondary N) is 2. The Bertz CT molecular complexity index is 1140. The average molecular weight is 432 g/mol. The van der Waals surface area contributed by atoms with E-state index < -0.39 is 10.0 Å². The predicted octanol–water partition coefficient (Wildman–Crippen LogP) is 2.80. The van der Waals surface area contributed by atoms with E-state index in [-0.39, 0.29) is 4.21 Å². The van der Waals surface area contributed by atoms with Crippen LogP contribution < -0.4 is 15.4 Å². The van der Waals surface area contributed by atoms with Gasteiger partial charge in [0.25, 0.3) is 0 Å². The number of H-pyrrole nitrogens is 1. The number of nitrogens with two attached hydrogens (primary N) is 1. The molecule has 0 spiro atoms. The van der Waals surface area contributed by atoms with Gasteiger partial charge in [-0.05, 0) is 37.8 Å². The van der Waals surface area contributed by atoms with Crippen LogP contribution in [0.3, 0.4) is 0 Å². The summed E-state index contributed by atoms with van der Waals surface area (Å²) in [5, 5.41) is 15.9. The minimum Gasteiger partial charge on any atom is -0.356 e. The molecule has 0 amide bonds. The van der Waals surface area contributed by atoms with E-state index in [2.05, 4.69) is 30.4 Å². The Morgan fingerprint density at radius 1 is 1.17 bits per heavy atom. The first-order valence-electron chi connectivity index (χ1n) is 9.55. The fourth-order valence-corrected chi connectivity index (χ4v) is 5.10. The number of thiophene rings is 1. The van der Waals surface area contributed by atoms with Gasteiger partial charge in [-0.1, -0.05) is 0 Å². The van der Waals surface area contributed by atoms with Crippen molar-refractivity contribution in [3.8, 4) is 10.7 Å². The summed E-state index contributed by atoms with van der Waals surface area (Å²) in [6, 6.07) is 7.11. The number of hydrogen-bond donors (Lipinski definition) is 3. The van der Waals surface area contributed by atoms with E-state index in [1.54, 1.807) is 6.07 Å². The first kappa shape index (κ1) is 18.5. The second kappa shape index (κ2) is 7.08. The number of nitrogens with zero attached hydrogens (tertiary/aromatic N) is 4. The van der Waals surface area contributed by atoms with Crippen molar-refractivity contribution in [3.05, 3.63) is 30.0 Å². The summed E-state index contributed by atoms with van der Waals surface area (Å²) in [6.45, 7) is 1.89. The third-order valence-corrected chi connectivity index (χ3v) is 7.60. The molecule has 5 rings (SSSR count). The van der Waals surface area contributed by atoms with Crippen LogP contribution in [0.2, 0.25) is 0 Å². The van der Waals surface area contributed by atoms with Crippen molar-refractivity contribution in [3.63, 3.8) is 0 Å². The van der Waals surface area contributed by atoms with Crippen LogP contribution >= 0.6 is 11.3 Å². The standard InChI is InChI=1S/C18H21N7O2S2/c19-29(26,27)17-6-5-13(28-17)18-21-14(10-16(22-18)25-7-1-2-8-25)20-15-9-12(23-24-15)11-3-4-11/h5-6,9-11H,1-4,7-8H2,(H2,19,26,27)(H2,20,21,22,23,24). The second-order valence-electron chi connectivity index (χ2n) is 7.40. The lowest BCUT2D eigenvalue weighted by molar-refractivity contribution is 0.600. The Balaban J connectivity index is 1.50. The normalized spacial score (nSPS) is 17.1. The van der Waals surface area contributed by atoms with Gasteiger partial charge in [-0.25, -0.2) is 23.5 Å². The molecule has 0 aromatic carbocycles. The van der Waals surface area contributed by atoms with Crippen LogP contribution in [0.5, 0.6) is 0 Å². The molecule has 152 valence electrons. The summed E-state index contributed by atoms with van der Waals surface area (Å²) in [6.07, 6.45) is 4.63. The zero-order valence-electron chi connectivity index (χ0n) is 15.6. The molecule has 4 heterocycles. The summed E-state index contributed by atoms with van der Waals surface area (Å²) >= 11 is 1.07. The number of sulfonamides is 1. The maximum atomic E-state index is 11.6. The fourth-order valence-electron chi connectivity index (χ4n) is 3.44. The van der Waals surface area contributed by atoms with Crippen LogP contribution in [-0.2, 0) is 10.0 Å². The molecule has 4 N–H and O–H groups in total. The van der Waals surface area contributed by atoms with Gasteiger partial charge >= 0.3 is 0 Å². The zero-order valence-corrected chi connectivity index (χ0v) is 17.3. The molecule has 29 heavy (non-hydrogen) atoms. The Morgan fingerprint density at radius 2 is 1.97 bits per heavy atom. The van der Waals surface area contributed by atoms with Gasteiger partial charge in [-0.15, -0.1) is 11.3 Å². The van der Waals surface area contributed by atoms with Crippen molar-refractivity contribution in [2.24, 2.45) is 5.14 Å². The van der Waals surface area contributed by atoms with E-state index in [4.69, 9.17) is 5.14 Å². The molecular formula is C18H21N7O2S2. The molecule has 11 heteroatoms. The topological polar surface area (TPSA) is 130 Å². The van der Waals surface area contributed by atoms with Gasteiger partial charge < -0.3 is 10.2 Å². The molecule has 3 aromatic rings. The summed E-state index contributed by atoms with van der Waals surface area (Å²) in [4.78, 5) is 12.2. The fraction of sp³-hybridized carbons (Fsp3) is 0.389. The summed E-state index contributed by atoms with van der Waals surface area (Å²) in [5.41, 5.74) is 1.07. The maximum absolute atomic E-state index is 11.6. The summed E-state index contributed by atoms with van der Waals surface area (Å²) in [7, 11) is -3.75. The van der Waals surface area contributed by atoms with Crippen LogP contribution in [-0.4, -0.2) is 41.7 Å². The van der Waals surface area contributed by atoms with E-state index in [0.29, 0.717) is 22.4 Å². The highest BCUT2D eigenvalue weighted by Gasteiger charge is 2.26. The highest BCUT2D eigenvalue weighted by Crippen LogP contribution is 2.40. The third-order valence-electron chi connectivity index (χ3n) is 5.08. The molecule has 1 aliphatic carbocycles. The molecule has 1 aliphatic heterocycles. The van der Waals surface area contributed by atoms with Gasteiger partial charge in [-0.3, -0.25) is 5.10 Å². The van der Waals surface area contributed by atoms with Crippen LogP contribution in [0, 0.1) is 0 Å². The number of aromatic nitrogens is 4. The average Bonchev–Trinajstić information content (AvgIpc) is 3.11. The first-order chi connectivity index (χ1) is 14.0. The van der Waals surface area contributed by atoms with E-state index in [1.807, 2.05) is 12.1 Å². The van der Waals surface area contributed by atoms with Crippen LogP contribution in [0.4, 0.5) is 17.5 Å². The maximum Gasteiger partial charge on any atom is 0.247 e. The SMILES string of the molecule is NS(=O)(=O)c1ccc(-c2nc(Nc3cc(C4CC4)n[nH]3)cc(N3CCCC3)n2)s1. The number of anilines is 3. The number of aromatic amines is 1. The Kier molecular flexibility index (Phi) is 4.52. The van der Waals surface area contributed by atoms with E-state index in [9.17, 15) is 8.42 Å². The smallest absolute Gasteiger partial charge is 0.247 e. The minimum absolute atomic E-state index is 0.0971. The lowest BCUT2D eigenvalue weighted by atomic mass is 10.3. The van der Waals surface area contributed by atoms with E-state index in [0.717, 1.165) is 54.6 Å². The monoisotopic (exact) mass is 431 g/mol. The van der Waals surface area contributed by atoms with E-state index >= 15 is 0 Å². The van der Waals surface area contributed by atoms with Gasteiger partial charge in [0.2, 0.25) is 10.0 Å². The minimum atomic E-state index is -3.75. The highest BCUT2D eigenvalue weighted by molar-refractivity contribution is 7.91. The van der Waals surface area contributed by atoms with Gasteiger partial charge in [0.1, 0.15) is 21.7 Å². The molecule has 1 saturated carbocycles. The van der Waals surface area contributed by atoms with Crippen molar-refractivity contribution in [1.82, 2.24) is 20.2 Å². The molecule has 0 unspecified atom stereocenters. The molecule has 0 atom stereocenters. The molecule has 2 aliphatic rings. The van der Waals surface area contributed by atoms with Gasteiger partial charge in [0.15, 0.2) is 5.82 Å². The number of hydrogen-bond acceptors (Lipinski definition) is 8. The number of primary sulfonamides is 1. The third kappa shape index (κ3) is 3.98. The molecule has 1 saturated heterocycles. The molecular weight excluding hydrogens is 410 g/mol. The van der Waals surface area contributed by atoms with Crippen molar-refractivity contribution in [1.29, 1.82) is 0 Å². The summed E-state index contributed by atoms with van der Waals surface area (Å²) in [5.74, 6) is 3.26. The van der Waals surface area contributed by atoms with Gasteiger partial charge in [0.05, 0.1) is 10.6 Å². The Morgan fingerprint density at radius 3 is 2.66 bits per heavy atom.